The lowest BCUT2D eigenvalue weighted by Gasteiger charge is -2.27. The molecule has 140 valence electrons. The Kier molecular flexibility index (Phi) is 6.31. The molecule has 10 heteroatoms. The predicted molar refractivity (Wildman–Crippen MR) is 85.4 cm³/mol. The van der Waals surface area contributed by atoms with Gasteiger partial charge in [-0.3, -0.25) is 5.21 Å². The lowest BCUT2D eigenvalue weighted by atomic mass is 10.2. The molecule has 0 aromatic rings. The molecular weight excluding hydrogens is 336 g/mol. The van der Waals surface area contributed by atoms with Crippen molar-refractivity contribution >= 4 is 6.09 Å². The Bertz CT molecular complexity index is 608. The second kappa shape index (κ2) is 7.81. The fourth-order valence-corrected chi connectivity index (χ4v) is 1.60. The third-order valence-electron chi connectivity index (χ3n) is 2.77. The average molecular weight is 358 g/mol. The topological polar surface area (TPSA) is 154 Å². The summed E-state index contributed by atoms with van der Waals surface area (Å²) in [4.78, 5) is 12.5. The van der Waals surface area contributed by atoms with Gasteiger partial charge in [0.15, 0.2) is 5.88 Å². The zero-order chi connectivity index (χ0) is 19.4. The van der Waals surface area contributed by atoms with Gasteiger partial charge in [0.05, 0.1) is 6.54 Å². The van der Waals surface area contributed by atoms with Crippen LogP contribution < -0.4 is 0 Å². The molecule has 2 aliphatic rings. The van der Waals surface area contributed by atoms with E-state index in [0.29, 0.717) is 0 Å². The van der Waals surface area contributed by atoms with Crippen molar-refractivity contribution in [1.29, 1.82) is 0 Å². The maximum absolute atomic E-state index is 11.5. The predicted octanol–water partition coefficient (Wildman–Crippen LogP) is 1.93. The first-order valence-corrected chi connectivity index (χ1v) is 7.17. The molecule has 0 radical (unpaired) electrons. The van der Waals surface area contributed by atoms with Crippen LogP contribution in [0.4, 0.5) is 4.79 Å². The molecule has 0 bridgehead atoms. The number of hydroxylamine groups is 2. The number of rotatable bonds is 0. The Labute approximate surface area is 144 Å². The van der Waals surface area contributed by atoms with Gasteiger partial charge in [0, 0.05) is 12.2 Å². The molecule has 2 rings (SSSR count). The van der Waals surface area contributed by atoms with E-state index in [1.165, 1.54) is 12.2 Å². The number of hydrogen-bond acceptors (Lipinski definition) is 9. The lowest BCUT2D eigenvalue weighted by molar-refractivity contribution is -0.190. The fraction of sp³-hybridized carbons (Fsp3) is 0.400. The number of aliphatic hydroxyl groups is 5. The van der Waals surface area contributed by atoms with Crippen LogP contribution in [0.25, 0.3) is 0 Å². The van der Waals surface area contributed by atoms with Crippen molar-refractivity contribution in [3.8, 4) is 0 Å². The monoisotopic (exact) mass is 358 g/mol. The van der Waals surface area contributed by atoms with Crippen LogP contribution >= 0.6 is 0 Å². The highest BCUT2D eigenvalue weighted by Crippen LogP contribution is 2.16. The van der Waals surface area contributed by atoms with Crippen LogP contribution in [0.2, 0.25) is 0 Å². The first-order chi connectivity index (χ1) is 11.4. The van der Waals surface area contributed by atoms with E-state index >= 15 is 0 Å². The van der Waals surface area contributed by atoms with E-state index in [-0.39, 0.29) is 23.3 Å². The molecule has 2 heterocycles. The Hall–Kier alpha value is -2.85. The number of allylic oxidation sites excluding steroid dienone is 4. The van der Waals surface area contributed by atoms with Crippen molar-refractivity contribution in [2.45, 2.75) is 32.6 Å². The molecule has 0 saturated carbocycles. The summed E-state index contributed by atoms with van der Waals surface area (Å²) in [5.74, 6) is -1.16. The summed E-state index contributed by atoms with van der Waals surface area (Å²) in [6.07, 6.45) is 2.47. The highest BCUT2D eigenvalue weighted by atomic mass is 16.6. The molecule has 10 nitrogen and oxygen atoms in total. The smallest absolute Gasteiger partial charge is 0.417 e. The quantitative estimate of drug-likeness (QED) is 0.381. The van der Waals surface area contributed by atoms with Gasteiger partial charge in [0.25, 0.3) is 0 Å². The van der Waals surface area contributed by atoms with Crippen LogP contribution in [-0.4, -0.2) is 65.2 Å². The van der Waals surface area contributed by atoms with Crippen molar-refractivity contribution in [3.05, 3.63) is 47.6 Å². The van der Waals surface area contributed by atoms with Gasteiger partial charge >= 0.3 is 6.09 Å². The van der Waals surface area contributed by atoms with Gasteiger partial charge in [-0.25, -0.2) is 9.69 Å². The molecule has 1 atom stereocenters. The van der Waals surface area contributed by atoms with Crippen LogP contribution in [0.3, 0.4) is 0 Å². The molecule has 0 spiro atoms. The molecule has 2 aliphatic heterocycles. The molecule has 0 fully saturated rings. The number of carbonyl (C=O) groups is 1. The summed E-state index contributed by atoms with van der Waals surface area (Å²) in [5, 5.41) is 53.6. The van der Waals surface area contributed by atoms with Crippen molar-refractivity contribution in [2.24, 2.45) is 0 Å². The zero-order valence-corrected chi connectivity index (χ0v) is 14.0. The number of nitrogens with zero attached hydrogens (tertiary/aromatic N) is 2. The number of amides is 1. The third kappa shape index (κ3) is 5.94. The maximum atomic E-state index is 11.5. The van der Waals surface area contributed by atoms with Gasteiger partial charge in [-0.15, -0.1) is 0 Å². The minimum absolute atomic E-state index is 0.00124. The Morgan fingerprint density at radius 3 is 2.16 bits per heavy atom. The standard InChI is InChI=1S/C10H15NO4.C5H7NO4/c1-10(2,3)15-9(14)11-6-7(12)4-5-8(11)13;7-3-1-2-4(8)6(10)5(3)9/h4-5,12-13H,6H2,1-3H3;1-2,5,7-10H. The highest BCUT2D eigenvalue weighted by molar-refractivity contribution is 5.70. The Morgan fingerprint density at radius 1 is 1.08 bits per heavy atom. The molecule has 1 amide bonds. The van der Waals surface area contributed by atoms with Crippen molar-refractivity contribution in [3.63, 3.8) is 0 Å². The molecule has 6 N–H and O–H groups in total. The van der Waals surface area contributed by atoms with Gasteiger partial charge in [-0.1, -0.05) is 0 Å². The number of ether oxygens (including phenoxy) is 1. The molecule has 0 aromatic carbocycles. The summed E-state index contributed by atoms with van der Waals surface area (Å²) < 4.78 is 5.04. The van der Waals surface area contributed by atoms with Crippen LogP contribution in [0.5, 0.6) is 0 Å². The lowest BCUT2D eigenvalue weighted by Crippen LogP contribution is -2.38. The minimum atomic E-state index is -1.56. The van der Waals surface area contributed by atoms with Crippen molar-refractivity contribution < 1.29 is 40.3 Å². The van der Waals surface area contributed by atoms with Gasteiger partial charge in [0.1, 0.15) is 17.1 Å². The normalized spacial score (nSPS) is 20.4. The summed E-state index contributed by atoms with van der Waals surface area (Å²) in [7, 11) is 0. The molecular formula is C15H22N2O8. The third-order valence-corrected chi connectivity index (χ3v) is 2.77. The van der Waals surface area contributed by atoms with Gasteiger partial charge in [-0.05, 0) is 32.9 Å². The molecule has 0 saturated heterocycles. The van der Waals surface area contributed by atoms with E-state index < -0.39 is 29.6 Å². The van der Waals surface area contributed by atoms with Gasteiger partial charge in [-0.2, -0.15) is 5.06 Å². The minimum Gasteiger partial charge on any atom is -0.510 e. The van der Waals surface area contributed by atoms with E-state index in [0.717, 1.165) is 17.1 Å². The second-order valence-electron chi connectivity index (χ2n) is 6.08. The van der Waals surface area contributed by atoms with E-state index in [2.05, 4.69) is 0 Å². The number of hydrogen-bond donors (Lipinski definition) is 6. The van der Waals surface area contributed by atoms with E-state index in [1.807, 2.05) is 0 Å². The SMILES string of the molecule is CC(C)(C)OC(=O)N1CC(O)=CC=C1O.OC1=CC=C(O)N(O)C1O. The fourth-order valence-electron chi connectivity index (χ4n) is 1.60. The maximum Gasteiger partial charge on any atom is 0.417 e. The number of aliphatic hydroxyl groups excluding tert-OH is 5. The summed E-state index contributed by atoms with van der Waals surface area (Å²) in [6.45, 7) is 5.11. The van der Waals surface area contributed by atoms with Crippen LogP contribution in [-0.2, 0) is 4.74 Å². The average Bonchev–Trinajstić information content (AvgIpc) is 2.50. The van der Waals surface area contributed by atoms with Crippen molar-refractivity contribution in [2.75, 3.05) is 6.54 Å². The van der Waals surface area contributed by atoms with E-state index in [9.17, 15) is 15.0 Å². The largest absolute Gasteiger partial charge is 0.510 e. The molecule has 0 aromatic heterocycles. The highest BCUT2D eigenvalue weighted by Gasteiger charge is 2.26. The van der Waals surface area contributed by atoms with Crippen molar-refractivity contribution in [1.82, 2.24) is 9.96 Å². The Balaban J connectivity index is 0.000000271. The first-order valence-electron chi connectivity index (χ1n) is 7.17. The van der Waals surface area contributed by atoms with Crippen LogP contribution in [0, 0.1) is 0 Å². The van der Waals surface area contributed by atoms with E-state index in [1.54, 1.807) is 20.8 Å². The van der Waals surface area contributed by atoms with E-state index in [4.69, 9.17) is 25.3 Å². The molecule has 0 aliphatic carbocycles. The second-order valence-corrected chi connectivity index (χ2v) is 6.08. The summed E-state index contributed by atoms with van der Waals surface area (Å²) in [6, 6.07) is 0. The Morgan fingerprint density at radius 2 is 1.64 bits per heavy atom. The van der Waals surface area contributed by atoms with Crippen LogP contribution in [0.1, 0.15) is 20.8 Å². The molecule has 25 heavy (non-hydrogen) atoms. The first kappa shape index (κ1) is 20.2. The summed E-state index contributed by atoms with van der Waals surface area (Å²) in [5.41, 5.74) is -0.631. The summed E-state index contributed by atoms with van der Waals surface area (Å²) >= 11 is 0. The van der Waals surface area contributed by atoms with Gasteiger partial charge in [0.2, 0.25) is 12.1 Å². The number of carbonyl (C=O) groups excluding carboxylic acids is 1. The zero-order valence-electron chi connectivity index (χ0n) is 14.0. The van der Waals surface area contributed by atoms with Gasteiger partial charge < -0.3 is 30.3 Å². The molecule has 1 unspecified atom stereocenters. The van der Waals surface area contributed by atoms with Crippen LogP contribution in [0.15, 0.2) is 47.6 Å².